The quantitative estimate of drug-likeness (QED) is 0.191. The number of hydrogen-bond donors (Lipinski definition) is 3. The molecule has 0 spiro atoms. The number of carbonyl (C=O) groups is 4. The minimum atomic E-state index is -1.19. The normalized spacial score (nSPS) is 21.1. The van der Waals surface area contributed by atoms with Crippen molar-refractivity contribution in [2.75, 3.05) is 17.7 Å². The predicted octanol–water partition coefficient (Wildman–Crippen LogP) is -1.59. The van der Waals surface area contributed by atoms with E-state index in [0.29, 0.717) is 30.0 Å². The van der Waals surface area contributed by atoms with Crippen LogP contribution in [0.1, 0.15) is 5.56 Å². The molecule has 2 amide bonds. The minimum Gasteiger partial charge on any atom is -0.477 e. The maximum atomic E-state index is 12.1. The number of thioether (sulfide) groups is 1. The zero-order valence-corrected chi connectivity index (χ0v) is 15.8. The Morgan fingerprint density at radius 2 is 2.29 bits per heavy atom. The largest absolute Gasteiger partial charge is 0.477 e. The van der Waals surface area contributed by atoms with E-state index in [4.69, 9.17) is 10.5 Å². The van der Waals surface area contributed by atoms with Crippen LogP contribution < -0.4 is 15.7 Å². The van der Waals surface area contributed by atoms with Crippen molar-refractivity contribution in [3.05, 3.63) is 23.0 Å². The second kappa shape index (κ2) is 8.02. The number of β-lactam (4-membered cyclic amide) rings is 1. The molecule has 150 valence electrons. The first kappa shape index (κ1) is 19.9. The van der Waals surface area contributed by atoms with Crippen molar-refractivity contribution in [3.8, 4) is 0 Å². The molecule has 3 heterocycles. The number of hydrogen-bond acceptors (Lipinski definition) is 7. The van der Waals surface area contributed by atoms with Crippen LogP contribution in [0.2, 0.25) is 0 Å². The first-order chi connectivity index (χ1) is 13.4. The molecule has 1 aromatic heterocycles. The summed E-state index contributed by atoms with van der Waals surface area (Å²) in [7, 11) is 0. The van der Waals surface area contributed by atoms with E-state index in [1.165, 1.54) is 16.7 Å². The van der Waals surface area contributed by atoms with Gasteiger partial charge in [0, 0.05) is 11.3 Å². The number of ether oxygens (including phenoxy) is 1. The number of aryl methyl sites for hydroxylation is 1. The lowest BCUT2D eigenvalue weighted by Crippen LogP contribution is -2.68. The standard InChI is InChI=1S/C16H19N5O6S/c1-9-4-19(20(2-3-27-8-23)13(9)18-7-22)5-10-6-28-15-11(17)14(24)21(15)12(10)16(25)26/h4,7-8,11,15H,2-3,5-6,17H2,1H3,(H,25,26)/p+1/t11-,15-/m1/s1. The van der Waals surface area contributed by atoms with Crippen LogP contribution in [0.4, 0.5) is 5.82 Å². The number of fused-ring (bicyclic) bond motifs is 1. The van der Waals surface area contributed by atoms with Crippen LogP contribution in [-0.4, -0.2) is 63.2 Å². The number of aliphatic carboxylic acids is 1. The van der Waals surface area contributed by atoms with Gasteiger partial charge in [-0.25, -0.2) is 4.79 Å². The Hall–Kier alpha value is -2.86. The Labute approximate surface area is 164 Å². The van der Waals surface area contributed by atoms with E-state index in [2.05, 4.69) is 5.32 Å². The molecule has 28 heavy (non-hydrogen) atoms. The molecule has 4 N–H and O–H groups in total. The highest BCUT2D eigenvalue weighted by molar-refractivity contribution is 8.00. The van der Waals surface area contributed by atoms with Crippen molar-refractivity contribution < 1.29 is 33.7 Å². The van der Waals surface area contributed by atoms with Gasteiger partial charge in [-0.15, -0.1) is 21.1 Å². The lowest BCUT2D eigenvalue weighted by molar-refractivity contribution is -0.767. The third-order valence-electron chi connectivity index (χ3n) is 4.61. The summed E-state index contributed by atoms with van der Waals surface area (Å²) in [4.78, 5) is 46.5. The second-order valence-electron chi connectivity index (χ2n) is 6.30. The summed E-state index contributed by atoms with van der Waals surface area (Å²) in [5.74, 6) is -0.689. The van der Waals surface area contributed by atoms with Crippen LogP contribution in [0.5, 0.6) is 0 Å². The molecule has 2 aliphatic heterocycles. The van der Waals surface area contributed by atoms with Gasteiger partial charge in [0.25, 0.3) is 6.47 Å². The summed E-state index contributed by atoms with van der Waals surface area (Å²) in [5.41, 5.74) is 7.01. The highest BCUT2D eigenvalue weighted by Gasteiger charge is 2.52. The zero-order valence-electron chi connectivity index (χ0n) is 15.0. The lowest BCUT2D eigenvalue weighted by Gasteiger charge is -2.47. The molecule has 2 aliphatic rings. The summed E-state index contributed by atoms with van der Waals surface area (Å²) in [6, 6.07) is -0.691. The highest BCUT2D eigenvalue weighted by atomic mass is 32.2. The van der Waals surface area contributed by atoms with Gasteiger partial charge >= 0.3 is 5.97 Å². The Morgan fingerprint density at radius 1 is 1.54 bits per heavy atom. The molecule has 0 radical (unpaired) electrons. The molecule has 0 unspecified atom stereocenters. The molecule has 0 aliphatic carbocycles. The number of nitrogens with one attached hydrogen (secondary N) is 1. The van der Waals surface area contributed by atoms with E-state index in [-0.39, 0.29) is 30.8 Å². The summed E-state index contributed by atoms with van der Waals surface area (Å²) in [6.07, 6.45) is 2.28. The van der Waals surface area contributed by atoms with Gasteiger partial charge in [-0.1, -0.05) is 0 Å². The fourth-order valence-electron chi connectivity index (χ4n) is 3.39. The number of carboxylic acid groups (broad SMARTS) is 1. The number of anilines is 1. The monoisotopic (exact) mass is 410 g/mol. The Morgan fingerprint density at radius 3 is 2.93 bits per heavy atom. The summed E-state index contributed by atoms with van der Waals surface area (Å²) < 4.78 is 8.14. The van der Waals surface area contributed by atoms with Crippen LogP contribution in [0.25, 0.3) is 0 Å². The Balaban J connectivity index is 1.96. The molecule has 12 heteroatoms. The van der Waals surface area contributed by atoms with Crippen LogP contribution in [0.3, 0.4) is 0 Å². The van der Waals surface area contributed by atoms with Crippen molar-refractivity contribution in [2.24, 2.45) is 5.73 Å². The molecular weight excluding hydrogens is 390 g/mol. The van der Waals surface area contributed by atoms with Crippen molar-refractivity contribution >= 4 is 42.3 Å². The summed E-state index contributed by atoms with van der Waals surface area (Å²) >= 11 is 1.42. The van der Waals surface area contributed by atoms with E-state index < -0.39 is 17.9 Å². The fourth-order valence-corrected chi connectivity index (χ4v) is 4.67. The number of aromatic nitrogens is 2. The van der Waals surface area contributed by atoms with Crippen molar-refractivity contribution in [3.63, 3.8) is 0 Å². The average Bonchev–Trinajstić information content (AvgIpc) is 2.96. The lowest BCUT2D eigenvalue weighted by atomic mass is 10.0. The Kier molecular flexibility index (Phi) is 5.70. The first-order valence-electron chi connectivity index (χ1n) is 8.41. The van der Waals surface area contributed by atoms with Crippen LogP contribution in [0, 0.1) is 6.92 Å². The molecule has 11 nitrogen and oxygen atoms in total. The number of carbonyl (C=O) groups excluding carboxylic acids is 3. The molecule has 1 aromatic rings. The first-order valence-corrected chi connectivity index (χ1v) is 9.46. The number of amides is 2. The van der Waals surface area contributed by atoms with E-state index >= 15 is 0 Å². The highest BCUT2D eigenvalue weighted by Crippen LogP contribution is 2.39. The van der Waals surface area contributed by atoms with E-state index in [9.17, 15) is 24.3 Å². The van der Waals surface area contributed by atoms with Gasteiger partial charge in [0.05, 0.1) is 5.56 Å². The summed E-state index contributed by atoms with van der Waals surface area (Å²) in [5, 5.41) is 11.9. The number of nitrogens with two attached hydrogens (primary N) is 1. The minimum absolute atomic E-state index is 0.0533. The molecule has 0 saturated carbocycles. The van der Waals surface area contributed by atoms with Gasteiger partial charge in [0.15, 0.2) is 12.4 Å². The topological polar surface area (TPSA) is 148 Å². The van der Waals surface area contributed by atoms with E-state index in [1.807, 2.05) is 0 Å². The molecule has 0 aromatic carbocycles. The third kappa shape index (κ3) is 3.36. The van der Waals surface area contributed by atoms with Gasteiger partial charge in [0.2, 0.25) is 18.5 Å². The average molecular weight is 410 g/mol. The number of rotatable bonds is 9. The smallest absolute Gasteiger partial charge is 0.352 e. The van der Waals surface area contributed by atoms with Crippen LogP contribution in [0.15, 0.2) is 17.5 Å². The summed E-state index contributed by atoms with van der Waals surface area (Å²) in [6.45, 7) is 2.63. The number of nitrogens with zero attached hydrogens (tertiary/aromatic N) is 3. The van der Waals surface area contributed by atoms with Crippen LogP contribution >= 0.6 is 11.8 Å². The van der Waals surface area contributed by atoms with Crippen molar-refractivity contribution in [1.29, 1.82) is 0 Å². The van der Waals surface area contributed by atoms with Gasteiger partial charge in [-0.3, -0.25) is 19.3 Å². The van der Waals surface area contributed by atoms with Gasteiger partial charge in [0.1, 0.15) is 30.3 Å². The predicted molar refractivity (Wildman–Crippen MR) is 96.8 cm³/mol. The van der Waals surface area contributed by atoms with Gasteiger partial charge in [-0.2, -0.15) is 0 Å². The maximum absolute atomic E-state index is 12.1. The SMILES string of the molecule is Cc1c[n+](CC2=C(C(=O)O)N3C(=O)[C@@H](N)[C@H]3SC2)n(CCOC=O)c1NC=O. The zero-order chi connectivity index (χ0) is 20.4. The molecule has 2 atom stereocenters. The molecule has 1 fully saturated rings. The third-order valence-corrected chi connectivity index (χ3v) is 5.97. The molecular formula is C16H20N5O6S+. The van der Waals surface area contributed by atoms with Crippen molar-refractivity contribution in [1.82, 2.24) is 9.58 Å². The molecule has 0 bridgehead atoms. The van der Waals surface area contributed by atoms with E-state index in [0.717, 1.165) is 5.56 Å². The maximum Gasteiger partial charge on any atom is 0.352 e. The number of carboxylic acids is 1. The van der Waals surface area contributed by atoms with Crippen molar-refractivity contribution in [2.45, 2.75) is 31.4 Å². The van der Waals surface area contributed by atoms with Gasteiger partial charge < -0.3 is 20.9 Å². The molecule has 3 rings (SSSR count). The van der Waals surface area contributed by atoms with Gasteiger partial charge in [-0.05, 0) is 6.92 Å². The second-order valence-corrected chi connectivity index (χ2v) is 7.41. The Bertz CT molecular complexity index is 866. The van der Waals surface area contributed by atoms with Crippen LogP contribution in [-0.2, 0) is 37.0 Å². The van der Waals surface area contributed by atoms with E-state index in [1.54, 1.807) is 22.5 Å². The molecule has 1 saturated heterocycles. The fraction of sp³-hybridized carbons (Fsp3) is 0.438.